The van der Waals surface area contributed by atoms with Crippen molar-refractivity contribution in [3.8, 4) is 28.5 Å². The highest BCUT2D eigenvalue weighted by atomic mass is 19.1. The van der Waals surface area contributed by atoms with Crippen LogP contribution < -0.4 is 19.9 Å². The molecule has 2 heterocycles. The van der Waals surface area contributed by atoms with E-state index in [0.717, 1.165) is 16.5 Å². The highest BCUT2D eigenvalue weighted by Crippen LogP contribution is 2.41. The molecule has 0 saturated heterocycles. The number of H-pyrrole nitrogens is 1. The van der Waals surface area contributed by atoms with Crippen LogP contribution in [0.1, 0.15) is 15.9 Å². The summed E-state index contributed by atoms with van der Waals surface area (Å²) in [7, 11) is 4.58. The van der Waals surface area contributed by atoms with Gasteiger partial charge in [-0.25, -0.2) is 14.2 Å². The molecule has 0 amide bonds. The number of aliphatic hydroxyl groups is 1. The van der Waals surface area contributed by atoms with Crippen LogP contribution in [0, 0.1) is 5.82 Å². The quantitative estimate of drug-likeness (QED) is 0.217. The highest BCUT2D eigenvalue weighted by molar-refractivity contribution is 6.03. The van der Waals surface area contributed by atoms with Gasteiger partial charge in [0.15, 0.2) is 11.5 Å². The fraction of sp³-hybridized carbons (Fsp3) is 0.200. The number of aromatic amines is 1. The van der Waals surface area contributed by atoms with Crippen molar-refractivity contribution in [2.75, 3.05) is 27.9 Å². The summed E-state index contributed by atoms with van der Waals surface area (Å²) in [4.78, 5) is 19.3. The van der Waals surface area contributed by atoms with E-state index in [1.54, 1.807) is 48.7 Å². The SMILES string of the molecule is COc1cc(-c2cc(C(=O)O)c3ccccc3n2)cc(OC)c1OC.NC(CO)Cc1c[nH]c2ccc(F)cc12. The van der Waals surface area contributed by atoms with Crippen molar-refractivity contribution in [2.24, 2.45) is 5.73 Å². The Bertz CT molecular complexity index is 1630. The van der Waals surface area contributed by atoms with Crippen LogP contribution in [0.2, 0.25) is 0 Å². The predicted molar refractivity (Wildman–Crippen MR) is 151 cm³/mol. The summed E-state index contributed by atoms with van der Waals surface area (Å²) in [5.74, 6) is 0.147. The highest BCUT2D eigenvalue weighted by Gasteiger charge is 2.17. The van der Waals surface area contributed by atoms with E-state index in [1.165, 1.54) is 33.5 Å². The summed E-state index contributed by atoms with van der Waals surface area (Å²) in [6, 6.07) is 16.4. The maximum atomic E-state index is 13.0. The number of aliphatic hydroxyl groups excluding tert-OH is 1. The number of carboxylic acid groups (broad SMARTS) is 1. The molecule has 5 aromatic rings. The minimum Gasteiger partial charge on any atom is -0.493 e. The molecule has 9 nitrogen and oxygen atoms in total. The lowest BCUT2D eigenvalue weighted by molar-refractivity contribution is 0.0699. The Morgan fingerprint density at radius 1 is 1.00 bits per heavy atom. The molecule has 0 aliphatic heterocycles. The lowest BCUT2D eigenvalue weighted by Gasteiger charge is -2.14. The zero-order valence-electron chi connectivity index (χ0n) is 22.3. The van der Waals surface area contributed by atoms with E-state index in [1.807, 2.05) is 6.07 Å². The summed E-state index contributed by atoms with van der Waals surface area (Å²) >= 11 is 0. The van der Waals surface area contributed by atoms with Gasteiger partial charge in [-0.15, -0.1) is 0 Å². The van der Waals surface area contributed by atoms with Crippen molar-refractivity contribution in [1.82, 2.24) is 9.97 Å². The average molecular weight is 548 g/mol. The molecule has 0 aliphatic rings. The second kappa shape index (κ2) is 12.5. The molecule has 0 fully saturated rings. The van der Waals surface area contributed by atoms with Gasteiger partial charge in [0.2, 0.25) is 5.75 Å². The number of fused-ring (bicyclic) bond motifs is 2. The molecule has 40 heavy (non-hydrogen) atoms. The van der Waals surface area contributed by atoms with Gasteiger partial charge in [-0.2, -0.15) is 0 Å². The number of halogens is 1. The normalized spacial score (nSPS) is 11.6. The molecule has 0 saturated carbocycles. The predicted octanol–water partition coefficient (Wildman–Crippen LogP) is 4.79. The van der Waals surface area contributed by atoms with Crippen LogP contribution in [0.25, 0.3) is 33.1 Å². The lowest BCUT2D eigenvalue weighted by Crippen LogP contribution is -2.26. The van der Waals surface area contributed by atoms with Crippen LogP contribution in [0.3, 0.4) is 0 Å². The molecule has 10 heteroatoms. The van der Waals surface area contributed by atoms with Gasteiger partial charge in [-0.05, 0) is 54.4 Å². The fourth-order valence-electron chi connectivity index (χ4n) is 4.40. The zero-order valence-corrected chi connectivity index (χ0v) is 22.3. The standard InChI is InChI=1S/C19H17NO5.C11H13FN2O/c1-23-16-8-11(9-17(24-2)18(16)25-3)15-10-13(19(21)22)12-6-4-5-7-14(12)20-15;12-8-1-2-11-10(4-8)7(5-14-11)3-9(13)6-15/h4-10H,1-3H3,(H,21,22);1-2,4-5,9,14-15H,3,6,13H2. The summed E-state index contributed by atoms with van der Waals surface area (Å²) in [5, 5.41) is 19.8. The molecule has 208 valence electrons. The number of benzene rings is 3. The van der Waals surface area contributed by atoms with E-state index in [-0.39, 0.29) is 24.0 Å². The molecule has 3 aromatic carbocycles. The maximum Gasteiger partial charge on any atom is 0.336 e. The number of para-hydroxylation sites is 1. The lowest BCUT2D eigenvalue weighted by atomic mass is 10.0. The number of nitrogens with two attached hydrogens (primary N) is 1. The smallest absolute Gasteiger partial charge is 0.336 e. The average Bonchev–Trinajstić information content (AvgIpc) is 3.37. The third-order valence-corrected chi connectivity index (χ3v) is 6.35. The Morgan fingerprint density at radius 3 is 2.33 bits per heavy atom. The third kappa shape index (κ3) is 5.98. The van der Waals surface area contributed by atoms with Gasteiger partial charge in [0.05, 0.1) is 44.7 Å². The van der Waals surface area contributed by atoms with E-state index in [9.17, 15) is 14.3 Å². The van der Waals surface area contributed by atoms with Gasteiger partial charge in [0.1, 0.15) is 5.82 Å². The zero-order chi connectivity index (χ0) is 28.8. The van der Waals surface area contributed by atoms with E-state index >= 15 is 0 Å². The van der Waals surface area contributed by atoms with Crippen LogP contribution in [-0.4, -0.2) is 60.1 Å². The van der Waals surface area contributed by atoms with Crippen LogP contribution >= 0.6 is 0 Å². The molecule has 5 N–H and O–H groups in total. The Kier molecular flexibility index (Phi) is 8.83. The number of aromatic nitrogens is 2. The van der Waals surface area contributed by atoms with Crippen molar-refractivity contribution < 1.29 is 33.6 Å². The summed E-state index contributed by atoms with van der Waals surface area (Å²) in [6.45, 7) is -0.0675. The van der Waals surface area contributed by atoms with E-state index in [4.69, 9.17) is 25.1 Å². The Hall–Kier alpha value is -4.67. The van der Waals surface area contributed by atoms with Gasteiger partial charge in [-0.3, -0.25) is 0 Å². The molecule has 0 aliphatic carbocycles. The molecular formula is C30H30FN3O6. The number of carboxylic acids is 1. The van der Waals surface area contributed by atoms with Crippen LogP contribution in [0.5, 0.6) is 17.2 Å². The first kappa shape index (κ1) is 28.3. The van der Waals surface area contributed by atoms with Crippen molar-refractivity contribution in [3.63, 3.8) is 0 Å². The molecule has 0 spiro atoms. The Balaban J connectivity index is 0.000000210. The number of ether oxygens (including phenoxy) is 3. The summed E-state index contributed by atoms with van der Waals surface area (Å²) in [5.41, 5.74) is 9.43. The Labute approximate surface area is 229 Å². The van der Waals surface area contributed by atoms with E-state index < -0.39 is 5.97 Å². The summed E-state index contributed by atoms with van der Waals surface area (Å²) < 4.78 is 29.0. The minimum absolute atomic E-state index is 0.0675. The number of carbonyl (C=O) groups is 1. The van der Waals surface area contributed by atoms with Crippen molar-refractivity contribution >= 4 is 27.8 Å². The number of pyridine rings is 1. The molecule has 1 atom stereocenters. The molecular weight excluding hydrogens is 517 g/mol. The number of hydrogen-bond donors (Lipinski definition) is 4. The van der Waals surface area contributed by atoms with Crippen LogP contribution in [-0.2, 0) is 6.42 Å². The van der Waals surface area contributed by atoms with Gasteiger partial charge in [0, 0.05) is 34.1 Å². The van der Waals surface area contributed by atoms with E-state index in [0.29, 0.717) is 45.8 Å². The molecule has 5 rings (SSSR count). The Morgan fingerprint density at radius 2 is 1.70 bits per heavy atom. The van der Waals surface area contributed by atoms with Crippen molar-refractivity contribution in [1.29, 1.82) is 0 Å². The van der Waals surface area contributed by atoms with Gasteiger partial charge < -0.3 is 35.1 Å². The number of methoxy groups -OCH3 is 3. The molecule has 1 unspecified atom stereocenters. The third-order valence-electron chi connectivity index (χ3n) is 6.35. The van der Waals surface area contributed by atoms with Crippen LogP contribution in [0.15, 0.2) is 66.9 Å². The first-order chi connectivity index (χ1) is 19.3. The number of rotatable bonds is 8. The van der Waals surface area contributed by atoms with Crippen molar-refractivity contribution in [3.05, 3.63) is 83.8 Å². The monoisotopic (exact) mass is 547 g/mol. The molecule has 0 bridgehead atoms. The number of nitrogens with one attached hydrogen (secondary N) is 1. The first-order valence-corrected chi connectivity index (χ1v) is 12.3. The number of nitrogens with zero attached hydrogens (tertiary/aromatic N) is 1. The topological polar surface area (TPSA) is 140 Å². The van der Waals surface area contributed by atoms with E-state index in [2.05, 4.69) is 9.97 Å². The first-order valence-electron chi connectivity index (χ1n) is 12.3. The largest absolute Gasteiger partial charge is 0.493 e. The second-order valence-electron chi connectivity index (χ2n) is 8.94. The fourth-order valence-corrected chi connectivity index (χ4v) is 4.40. The van der Waals surface area contributed by atoms with Gasteiger partial charge in [0.25, 0.3) is 0 Å². The van der Waals surface area contributed by atoms with Crippen molar-refractivity contribution in [2.45, 2.75) is 12.5 Å². The van der Waals surface area contributed by atoms with Gasteiger partial charge in [-0.1, -0.05) is 18.2 Å². The minimum atomic E-state index is -1.01. The molecule has 2 aromatic heterocycles. The summed E-state index contributed by atoms with van der Waals surface area (Å²) in [6.07, 6.45) is 2.35. The number of aromatic carboxylic acids is 1. The van der Waals surface area contributed by atoms with Gasteiger partial charge >= 0.3 is 5.97 Å². The number of hydrogen-bond acceptors (Lipinski definition) is 7. The molecule has 0 radical (unpaired) electrons. The maximum absolute atomic E-state index is 13.0. The second-order valence-corrected chi connectivity index (χ2v) is 8.94. The van der Waals surface area contributed by atoms with Crippen LogP contribution in [0.4, 0.5) is 4.39 Å².